The van der Waals surface area contributed by atoms with Crippen LogP contribution in [0.15, 0.2) is 18.3 Å². The van der Waals surface area contributed by atoms with E-state index in [-0.39, 0.29) is 6.10 Å². The molecule has 1 saturated heterocycles. The molecule has 1 aliphatic rings. The van der Waals surface area contributed by atoms with Crippen LogP contribution in [0.1, 0.15) is 25.6 Å². The molecule has 0 radical (unpaired) electrons. The standard InChI is InChI=1S/C14H22N2O3/c1-10(2)16-7-8-19-12(9-16)14(17)13-11(18-3)5-4-6-15-13/h4-6,10,12,14,17H,7-9H2,1-3H3. The Labute approximate surface area is 114 Å². The minimum Gasteiger partial charge on any atom is -0.495 e. The molecule has 0 amide bonds. The normalized spacial score (nSPS) is 22.5. The molecule has 2 unspecified atom stereocenters. The molecule has 0 aliphatic carbocycles. The SMILES string of the molecule is COc1cccnc1C(O)C1CN(C(C)C)CCO1. The molecule has 19 heavy (non-hydrogen) atoms. The second-order valence-electron chi connectivity index (χ2n) is 5.03. The summed E-state index contributed by atoms with van der Waals surface area (Å²) in [4.78, 5) is 6.52. The van der Waals surface area contributed by atoms with Gasteiger partial charge in [0.25, 0.3) is 0 Å². The molecule has 0 saturated carbocycles. The molecule has 0 bridgehead atoms. The Morgan fingerprint density at radius 1 is 1.53 bits per heavy atom. The minimum atomic E-state index is -0.766. The number of aliphatic hydroxyl groups excluding tert-OH is 1. The molecule has 2 rings (SSSR count). The first-order valence-corrected chi connectivity index (χ1v) is 6.66. The van der Waals surface area contributed by atoms with Gasteiger partial charge in [-0.2, -0.15) is 0 Å². The Balaban J connectivity index is 2.12. The molecule has 5 nitrogen and oxygen atoms in total. The Kier molecular flexibility index (Phi) is 4.74. The summed E-state index contributed by atoms with van der Waals surface area (Å²) in [6, 6.07) is 4.04. The number of aliphatic hydroxyl groups is 1. The van der Waals surface area contributed by atoms with E-state index >= 15 is 0 Å². The van der Waals surface area contributed by atoms with Gasteiger partial charge in [0.15, 0.2) is 0 Å². The number of hydrogen-bond acceptors (Lipinski definition) is 5. The van der Waals surface area contributed by atoms with E-state index < -0.39 is 6.10 Å². The monoisotopic (exact) mass is 266 g/mol. The Morgan fingerprint density at radius 3 is 3.00 bits per heavy atom. The zero-order valence-electron chi connectivity index (χ0n) is 11.7. The molecule has 1 aromatic rings. The molecule has 1 fully saturated rings. The molecule has 0 spiro atoms. The van der Waals surface area contributed by atoms with Gasteiger partial charge in [0.05, 0.1) is 13.7 Å². The van der Waals surface area contributed by atoms with E-state index in [1.54, 1.807) is 25.4 Å². The van der Waals surface area contributed by atoms with Crippen LogP contribution in [0.4, 0.5) is 0 Å². The van der Waals surface area contributed by atoms with Crippen molar-refractivity contribution in [2.75, 3.05) is 26.8 Å². The van der Waals surface area contributed by atoms with E-state index in [2.05, 4.69) is 23.7 Å². The van der Waals surface area contributed by atoms with Crippen LogP contribution < -0.4 is 4.74 Å². The summed E-state index contributed by atoms with van der Waals surface area (Å²) >= 11 is 0. The predicted molar refractivity (Wildman–Crippen MR) is 72.2 cm³/mol. The van der Waals surface area contributed by atoms with Crippen LogP contribution in [-0.4, -0.2) is 53.9 Å². The Morgan fingerprint density at radius 2 is 2.32 bits per heavy atom. The van der Waals surface area contributed by atoms with Gasteiger partial charge in [0, 0.05) is 25.3 Å². The fourth-order valence-corrected chi connectivity index (χ4v) is 2.33. The van der Waals surface area contributed by atoms with E-state index in [0.29, 0.717) is 30.6 Å². The minimum absolute atomic E-state index is 0.264. The van der Waals surface area contributed by atoms with E-state index in [1.807, 2.05) is 0 Å². The third-order valence-electron chi connectivity index (χ3n) is 3.51. The molecule has 1 aliphatic heterocycles. The van der Waals surface area contributed by atoms with Gasteiger partial charge in [0.2, 0.25) is 0 Å². The number of aromatic nitrogens is 1. The summed E-state index contributed by atoms with van der Waals surface area (Å²) < 4.78 is 10.9. The number of methoxy groups -OCH3 is 1. The van der Waals surface area contributed by atoms with Gasteiger partial charge >= 0.3 is 0 Å². The molecule has 1 aromatic heterocycles. The van der Waals surface area contributed by atoms with Crippen molar-refractivity contribution in [2.24, 2.45) is 0 Å². The molecule has 2 heterocycles. The third-order valence-corrected chi connectivity index (χ3v) is 3.51. The van der Waals surface area contributed by atoms with Crippen LogP contribution in [0.25, 0.3) is 0 Å². The van der Waals surface area contributed by atoms with Gasteiger partial charge in [-0.15, -0.1) is 0 Å². The molecule has 106 valence electrons. The van der Waals surface area contributed by atoms with Crippen LogP contribution in [0.3, 0.4) is 0 Å². The van der Waals surface area contributed by atoms with E-state index in [1.165, 1.54) is 0 Å². The second-order valence-corrected chi connectivity index (χ2v) is 5.03. The summed E-state index contributed by atoms with van der Waals surface area (Å²) in [6.45, 7) is 6.54. The molecule has 2 atom stereocenters. The molecule has 5 heteroatoms. The largest absolute Gasteiger partial charge is 0.495 e. The first-order chi connectivity index (χ1) is 9.13. The maximum absolute atomic E-state index is 10.5. The highest BCUT2D eigenvalue weighted by Crippen LogP contribution is 2.28. The van der Waals surface area contributed by atoms with Gasteiger partial charge < -0.3 is 14.6 Å². The number of morpholine rings is 1. The predicted octanol–water partition coefficient (Wildman–Crippen LogP) is 1.23. The lowest BCUT2D eigenvalue weighted by Gasteiger charge is -2.37. The summed E-state index contributed by atoms with van der Waals surface area (Å²) in [6.07, 6.45) is 0.627. The number of hydrogen-bond donors (Lipinski definition) is 1. The smallest absolute Gasteiger partial charge is 0.143 e. The fraction of sp³-hybridized carbons (Fsp3) is 0.643. The maximum atomic E-state index is 10.5. The summed E-state index contributed by atoms with van der Waals surface area (Å²) in [7, 11) is 1.58. The van der Waals surface area contributed by atoms with Gasteiger partial charge in [-0.1, -0.05) is 0 Å². The molecular formula is C14H22N2O3. The number of pyridine rings is 1. The summed E-state index contributed by atoms with van der Waals surface area (Å²) in [5.41, 5.74) is 0.542. The van der Waals surface area contributed by atoms with Crippen LogP contribution in [0.2, 0.25) is 0 Å². The van der Waals surface area contributed by atoms with Crippen molar-refractivity contribution in [3.8, 4) is 5.75 Å². The van der Waals surface area contributed by atoms with Crippen molar-refractivity contribution in [1.29, 1.82) is 0 Å². The van der Waals surface area contributed by atoms with Crippen molar-refractivity contribution in [3.63, 3.8) is 0 Å². The summed E-state index contributed by atoms with van der Waals surface area (Å²) in [5, 5.41) is 10.5. The highest BCUT2D eigenvalue weighted by molar-refractivity contribution is 5.29. The highest BCUT2D eigenvalue weighted by Gasteiger charge is 2.31. The third kappa shape index (κ3) is 3.23. The molecule has 0 aromatic carbocycles. The average Bonchev–Trinajstić information content (AvgIpc) is 2.46. The fourth-order valence-electron chi connectivity index (χ4n) is 2.33. The number of ether oxygens (including phenoxy) is 2. The van der Waals surface area contributed by atoms with Crippen molar-refractivity contribution in [3.05, 3.63) is 24.0 Å². The lowest BCUT2D eigenvalue weighted by atomic mass is 10.1. The first kappa shape index (κ1) is 14.2. The number of rotatable bonds is 4. The van der Waals surface area contributed by atoms with Gasteiger partial charge in [-0.3, -0.25) is 9.88 Å². The number of nitrogens with zero attached hydrogens (tertiary/aromatic N) is 2. The second kappa shape index (κ2) is 6.32. The van der Waals surface area contributed by atoms with E-state index in [9.17, 15) is 5.11 Å². The van der Waals surface area contributed by atoms with Gasteiger partial charge in [0.1, 0.15) is 23.7 Å². The van der Waals surface area contributed by atoms with Crippen molar-refractivity contribution in [2.45, 2.75) is 32.1 Å². The maximum Gasteiger partial charge on any atom is 0.143 e. The zero-order chi connectivity index (χ0) is 13.8. The highest BCUT2D eigenvalue weighted by atomic mass is 16.5. The quantitative estimate of drug-likeness (QED) is 0.888. The van der Waals surface area contributed by atoms with Crippen LogP contribution in [-0.2, 0) is 4.74 Å². The van der Waals surface area contributed by atoms with Crippen LogP contribution in [0, 0.1) is 0 Å². The van der Waals surface area contributed by atoms with Gasteiger partial charge in [-0.25, -0.2) is 0 Å². The van der Waals surface area contributed by atoms with Crippen LogP contribution >= 0.6 is 0 Å². The first-order valence-electron chi connectivity index (χ1n) is 6.66. The average molecular weight is 266 g/mol. The summed E-state index contributed by atoms with van der Waals surface area (Å²) in [5.74, 6) is 0.597. The topological polar surface area (TPSA) is 54.8 Å². The van der Waals surface area contributed by atoms with E-state index in [4.69, 9.17) is 9.47 Å². The van der Waals surface area contributed by atoms with Gasteiger partial charge in [-0.05, 0) is 26.0 Å². The molecular weight excluding hydrogens is 244 g/mol. The van der Waals surface area contributed by atoms with Crippen LogP contribution in [0.5, 0.6) is 5.75 Å². The Hall–Kier alpha value is -1.17. The van der Waals surface area contributed by atoms with Crippen molar-refractivity contribution >= 4 is 0 Å². The molecule has 1 N–H and O–H groups in total. The lowest BCUT2D eigenvalue weighted by molar-refractivity contribution is -0.0977. The van der Waals surface area contributed by atoms with E-state index in [0.717, 1.165) is 6.54 Å². The lowest BCUT2D eigenvalue weighted by Crippen LogP contribution is -2.48. The van der Waals surface area contributed by atoms with Crippen molar-refractivity contribution < 1.29 is 14.6 Å². The Bertz CT molecular complexity index is 411. The zero-order valence-corrected chi connectivity index (χ0v) is 11.7. The van der Waals surface area contributed by atoms with Crippen molar-refractivity contribution in [1.82, 2.24) is 9.88 Å².